The second-order valence-corrected chi connectivity index (χ2v) is 5.28. The van der Waals surface area contributed by atoms with Gasteiger partial charge in [-0.15, -0.1) is 0 Å². The fourth-order valence-electron chi connectivity index (χ4n) is 2.59. The summed E-state index contributed by atoms with van der Waals surface area (Å²) in [5.41, 5.74) is 5.90. The number of amides is 2. The van der Waals surface area contributed by atoms with Crippen LogP contribution in [0, 0.1) is 0 Å². The average molecular weight is 321 g/mol. The summed E-state index contributed by atoms with van der Waals surface area (Å²) in [6.45, 7) is 2.42. The number of methoxy groups -OCH3 is 2. The molecule has 0 unspecified atom stereocenters. The van der Waals surface area contributed by atoms with Crippen LogP contribution in [0.4, 0.5) is 0 Å². The third-order valence-electron chi connectivity index (χ3n) is 3.92. The van der Waals surface area contributed by atoms with Crippen molar-refractivity contribution in [2.45, 2.75) is 6.42 Å². The van der Waals surface area contributed by atoms with Crippen LogP contribution in [0.3, 0.4) is 0 Å². The van der Waals surface area contributed by atoms with Gasteiger partial charge in [-0.3, -0.25) is 9.59 Å². The highest BCUT2D eigenvalue weighted by molar-refractivity contribution is 5.97. The Kier molecular flexibility index (Phi) is 5.81. The SMILES string of the molecule is COc1ccc(C(=O)N2CCN(C(=O)CCN)CC2)c(OC)c1. The zero-order valence-corrected chi connectivity index (χ0v) is 13.6. The Morgan fingerprint density at radius 3 is 2.30 bits per heavy atom. The van der Waals surface area contributed by atoms with E-state index in [0.29, 0.717) is 56.2 Å². The summed E-state index contributed by atoms with van der Waals surface area (Å²) in [6, 6.07) is 5.12. The number of carbonyl (C=O) groups excluding carboxylic acids is 2. The van der Waals surface area contributed by atoms with Gasteiger partial charge in [-0.05, 0) is 12.1 Å². The first-order valence-electron chi connectivity index (χ1n) is 7.59. The van der Waals surface area contributed by atoms with Crippen LogP contribution >= 0.6 is 0 Å². The van der Waals surface area contributed by atoms with Crippen LogP contribution in [-0.4, -0.2) is 68.6 Å². The summed E-state index contributed by atoms with van der Waals surface area (Å²) in [5.74, 6) is 1.06. The van der Waals surface area contributed by atoms with Gasteiger partial charge in [-0.25, -0.2) is 0 Å². The largest absolute Gasteiger partial charge is 0.497 e. The van der Waals surface area contributed by atoms with Gasteiger partial charge in [0.15, 0.2) is 0 Å². The molecule has 2 rings (SSSR count). The van der Waals surface area contributed by atoms with Crippen LogP contribution in [0.15, 0.2) is 18.2 Å². The van der Waals surface area contributed by atoms with E-state index in [1.54, 1.807) is 35.1 Å². The lowest BCUT2D eigenvalue weighted by molar-refractivity contribution is -0.132. The lowest BCUT2D eigenvalue weighted by Crippen LogP contribution is -2.50. The van der Waals surface area contributed by atoms with Crippen LogP contribution in [0.25, 0.3) is 0 Å². The van der Waals surface area contributed by atoms with Gasteiger partial charge in [-0.1, -0.05) is 0 Å². The van der Waals surface area contributed by atoms with Crippen molar-refractivity contribution in [3.05, 3.63) is 23.8 Å². The van der Waals surface area contributed by atoms with E-state index in [2.05, 4.69) is 0 Å². The maximum absolute atomic E-state index is 12.7. The van der Waals surface area contributed by atoms with Crippen molar-refractivity contribution in [3.63, 3.8) is 0 Å². The van der Waals surface area contributed by atoms with Gasteiger partial charge in [0.25, 0.3) is 5.91 Å². The van der Waals surface area contributed by atoms with Crippen LogP contribution in [-0.2, 0) is 4.79 Å². The minimum atomic E-state index is -0.101. The summed E-state index contributed by atoms with van der Waals surface area (Å²) < 4.78 is 10.4. The fourth-order valence-corrected chi connectivity index (χ4v) is 2.59. The molecule has 0 aliphatic carbocycles. The Labute approximate surface area is 135 Å². The highest BCUT2D eigenvalue weighted by Gasteiger charge is 2.26. The van der Waals surface area contributed by atoms with Crippen molar-refractivity contribution in [2.75, 3.05) is 46.9 Å². The molecule has 0 bridgehead atoms. The lowest BCUT2D eigenvalue weighted by Gasteiger charge is -2.35. The molecule has 1 heterocycles. The number of nitrogens with two attached hydrogens (primary N) is 1. The highest BCUT2D eigenvalue weighted by Crippen LogP contribution is 2.26. The summed E-state index contributed by atoms with van der Waals surface area (Å²) >= 11 is 0. The molecule has 126 valence electrons. The number of piperazine rings is 1. The Balaban J connectivity index is 2.04. The lowest BCUT2D eigenvalue weighted by atomic mass is 10.1. The number of nitrogens with zero attached hydrogens (tertiary/aromatic N) is 2. The minimum absolute atomic E-state index is 0.0432. The van der Waals surface area contributed by atoms with Gasteiger partial charge in [0.2, 0.25) is 5.91 Å². The van der Waals surface area contributed by atoms with Crippen molar-refractivity contribution in [2.24, 2.45) is 5.73 Å². The summed E-state index contributed by atoms with van der Waals surface area (Å²) in [5, 5.41) is 0. The Bertz CT molecular complexity index is 568. The Hall–Kier alpha value is -2.28. The molecule has 2 N–H and O–H groups in total. The molecule has 1 fully saturated rings. The molecule has 7 nitrogen and oxygen atoms in total. The number of rotatable bonds is 5. The first-order valence-corrected chi connectivity index (χ1v) is 7.59. The van der Waals surface area contributed by atoms with Crippen molar-refractivity contribution in [3.8, 4) is 11.5 Å². The maximum Gasteiger partial charge on any atom is 0.257 e. The van der Waals surface area contributed by atoms with Crippen LogP contribution in [0.1, 0.15) is 16.8 Å². The van der Waals surface area contributed by atoms with E-state index in [9.17, 15) is 9.59 Å². The van der Waals surface area contributed by atoms with Gasteiger partial charge in [0.05, 0.1) is 19.8 Å². The molecule has 1 aliphatic heterocycles. The Morgan fingerprint density at radius 2 is 1.74 bits per heavy atom. The molecule has 2 amide bonds. The van der Waals surface area contributed by atoms with E-state index in [1.807, 2.05) is 0 Å². The molecule has 0 radical (unpaired) electrons. The molecule has 0 spiro atoms. The molecule has 0 aromatic heterocycles. The fraction of sp³-hybridized carbons (Fsp3) is 0.500. The van der Waals surface area contributed by atoms with E-state index in [1.165, 1.54) is 7.11 Å². The van der Waals surface area contributed by atoms with Gasteiger partial charge in [0, 0.05) is 45.2 Å². The molecule has 0 atom stereocenters. The topological polar surface area (TPSA) is 85.1 Å². The predicted octanol–water partition coefficient (Wildman–Crippen LogP) is 0.337. The summed E-state index contributed by atoms with van der Waals surface area (Å²) in [7, 11) is 3.09. The van der Waals surface area contributed by atoms with E-state index < -0.39 is 0 Å². The molecular weight excluding hydrogens is 298 g/mol. The number of ether oxygens (including phenoxy) is 2. The molecule has 7 heteroatoms. The number of carbonyl (C=O) groups is 2. The molecule has 1 aromatic carbocycles. The third kappa shape index (κ3) is 3.92. The zero-order chi connectivity index (χ0) is 16.8. The van der Waals surface area contributed by atoms with Crippen LogP contribution in [0.5, 0.6) is 11.5 Å². The van der Waals surface area contributed by atoms with Crippen molar-refractivity contribution in [1.29, 1.82) is 0 Å². The first kappa shape index (κ1) is 17.1. The minimum Gasteiger partial charge on any atom is -0.497 e. The molecule has 0 saturated carbocycles. The Morgan fingerprint density at radius 1 is 1.09 bits per heavy atom. The molecule has 1 aliphatic rings. The molecule has 1 aromatic rings. The van der Waals surface area contributed by atoms with E-state index in [-0.39, 0.29) is 11.8 Å². The number of hydrogen-bond donors (Lipinski definition) is 1. The monoisotopic (exact) mass is 321 g/mol. The second-order valence-electron chi connectivity index (χ2n) is 5.28. The first-order chi connectivity index (χ1) is 11.1. The third-order valence-corrected chi connectivity index (χ3v) is 3.92. The van der Waals surface area contributed by atoms with Gasteiger partial charge in [-0.2, -0.15) is 0 Å². The zero-order valence-electron chi connectivity index (χ0n) is 13.6. The van der Waals surface area contributed by atoms with Crippen molar-refractivity contribution < 1.29 is 19.1 Å². The summed E-state index contributed by atoms with van der Waals surface area (Å²) in [4.78, 5) is 28.0. The molecule has 23 heavy (non-hydrogen) atoms. The van der Waals surface area contributed by atoms with Gasteiger partial charge in [0.1, 0.15) is 11.5 Å². The van der Waals surface area contributed by atoms with E-state index in [0.717, 1.165) is 0 Å². The van der Waals surface area contributed by atoms with Crippen LogP contribution < -0.4 is 15.2 Å². The van der Waals surface area contributed by atoms with Crippen LogP contribution in [0.2, 0.25) is 0 Å². The normalized spacial score (nSPS) is 14.6. The van der Waals surface area contributed by atoms with Gasteiger partial charge >= 0.3 is 0 Å². The maximum atomic E-state index is 12.7. The quantitative estimate of drug-likeness (QED) is 0.845. The smallest absolute Gasteiger partial charge is 0.257 e. The predicted molar refractivity (Wildman–Crippen MR) is 85.7 cm³/mol. The summed E-state index contributed by atoms with van der Waals surface area (Å²) in [6.07, 6.45) is 0.347. The number of benzene rings is 1. The second kappa shape index (κ2) is 7.82. The van der Waals surface area contributed by atoms with Crippen molar-refractivity contribution in [1.82, 2.24) is 9.80 Å². The molecular formula is C16H23N3O4. The van der Waals surface area contributed by atoms with Gasteiger partial charge < -0.3 is 25.0 Å². The average Bonchev–Trinajstić information content (AvgIpc) is 2.60. The highest BCUT2D eigenvalue weighted by atomic mass is 16.5. The van der Waals surface area contributed by atoms with Crippen molar-refractivity contribution >= 4 is 11.8 Å². The standard InChI is InChI=1S/C16H23N3O4/c1-22-12-3-4-13(14(11-12)23-2)16(21)19-9-7-18(8-10-19)15(20)5-6-17/h3-4,11H,5-10,17H2,1-2H3. The number of hydrogen-bond acceptors (Lipinski definition) is 5. The van der Waals surface area contributed by atoms with E-state index in [4.69, 9.17) is 15.2 Å². The molecule has 1 saturated heterocycles. The van der Waals surface area contributed by atoms with E-state index >= 15 is 0 Å².